The topological polar surface area (TPSA) is 82.5 Å². The summed E-state index contributed by atoms with van der Waals surface area (Å²) in [5, 5.41) is 0.701. The van der Waals surface area contributed by atoms with Crippen molar-refractivity contribution in [3.05, 3.63) is 42.4 Å². The van der Waals surface area contributed by atoms with Crippen molar-refractivity contribution in [1.29, 1.82) is 0 Å². The monoisotopic (exact) mass is 478 g/mol. The Morgan fingerprint density at radius 2 is 1.68 bits per heavy atom. The van der Waals surface area contributed by atoms with Crippen molar-refractivity contribution in [2.45, 2.75) is 20.3 Å². The Balaban J connectivity index is 1.23. The number of aromatic nitrogens is 3. The predicted octanol–water partition coefficient (Wildman–Crippen LogP) is 3.02. The fraction of sp³-hybridized carbons (Fsp3) is 0.480. The molecule has 0 N–H and O–H groups in total. The number of fused-ring (bicyclic) bond motifs is 1. The van der Waals surface area contributed by atoms with Gasteiger partial charge in [0.25, 0.3) is 5.91 Å². The smallest absolute Gasteiger partial charge is 0.274 e. The van der Waals surface area contributed by atoms with E-state index in [0.717, 1.165) is 23.3 Å². The molecule has 0 unspecified atom stereocenters. The lowest BCUT2D eigenvalue weighted by Crippen LogP contribution is -2.53. The molecule has 0 radical (unpaired) electrons. The highest BCUT2D eigenvalue weighted by Gasteiger charge is 2.30. The molecule has 3 aromatic rings. The molecule has 0 bridgehead atoms. The van der Waals surface area contributed by atoms with Crippen LogP contribution >= 0.6 is 11.3 Å². The number of para-hydroxylation sites is 1. The summed E-state index contributed by atoms with van der Waals surface area (Å²) >= 11 is 1.51. The van der Waals surface area contributed by atoms with Crippen LogP contribution in [0.15, 0.2) is 36.7 Å². The Hall–Kier alpha value is -2.91. The summed E-state index contributed by atoms with van der Waals surface area (Å²) in [5.41, 5.74) is 1.75. The highest BCUT2D eigenvalue weighted by atomic mass is 32.1. The van der Waals surface area contributed by atoms with E-state index in [-0.39, 0.29) is 11.8 Å². The summed E-state index contributed by atoms with van der Waals surface area (Å²) in [6, 6.07) is 7.90. The number of carbonyl (C=O) groups excluding carboxylic acids is 2. The Labute approximate surface area is 203 Å². The first-order valence-electron chi connectivity index (χ1n) is 11.9. The Bertz CT molecular complexity index is 1150. The summed E-state index contributed by atoms with van der Waals surface area (Å²) in [4.78, 5) is 45.7. The molecule has 1 aromatic carbocycles. The minimum Gasteiger partial charge on any atom is -0.341 e. The maximum atomic E-state index is 13.4. The Morgan fingerprint density at radius 1 is 0.971 bits per heavy atom. The number of benzene rings is 1. The lowest BCUT2D eigenvalue weighted by Gasteiger charge is -2.38. The number of thiazole rings is 1. The quantitative estimate of drug-likeness (QED) is 0.573. The molecule has 2 fully saturated rings. The van der Waals surface area contributed by atoms with E-state index in [9.17, 15) is 9.59 Å². The second kappa shape index (κ2) is 9.76. The molecule has 9 heteroatoms. The van der Waals surface area contributed by atoms with Crippen LogP contribution in [0.5, 0.6) is 0 Å². The van der Waals surface area contributed by atoms with Gasteiger partial charge in [0.2, 0.25) is 5.91 Å². The zero-order chi connectivity index (χ0) is 23.7. The van der Waals surface area contributed by atoms with E-state index in [4.69, 9.17) is 0 Å². The zero-order valence-electron chi connectivity index (χ0n) is 19.7. The van der Waals surface area contributed by atoms with E-state index in [1.165, 1.54) is 17.8 Å². The van der Waals surface area contributed by atoms with Gasteiger partial charge in [-0.3, -0.25) is 14.5 Å². The molecule has 2 saturated heterocycles. The fourth-order valence-corrected chi connectivity index (χ4v) is 6.00. The van der Waals surface area contributed by atoms with Crippen molar-refractivity contribution < 1.29 is 9.59 Å². The summed E-state index contributed by atoms with van der Waals surface area (Å²) in [5.74, 6) is 1.18. The molecule has 0 saturated carbocycles. The molecule has 2 amide bonds. The highest BCUT2D eigenvalue weighted by molar-refractivity contribution is 7.21. The van der Waals surface area contributed by atoms with Crippen LogP contribution in [-0.2, 0) is 4.79 Å². The highest BCUT2D eigenvalue weighted by Crippen LogP contribution is 2.30. The third kappa shape index (κ3) is 4.81. The standard InChI is InChI=1S/C25H30N6O2S/c1-17-13-18(2)15-31(14-17)21(32)16-29-9-11-30(12-10-29)25(33)23-22(26-7-8-27-23)24-28-19-5-3-4-6-20(19)34-24/h3-8,17-18H,9-16H2,1-2H3/t17-,18-/m0/s1. The number of piperazine rings is 1. The van der Waals surface area contributed by atoms with Crippen molar-refractivity contribution in [1.82, 2.24) is 29.7 Å². The van der Waals surface area contributed by atoms with Crippen molar-refractivity contribution >= 4 is 33.4 Å². The fourth-order valence-electron chi connectivity index (χ4n) is 5.04. The second-order valence-corrected chi connectivity index (χ2v) is 10.6. The average molecular weight is 479 g/mol. The second-order valence-electron chi connectivity index (χ2n) is 9.55. The van der Waals surface area contributed by atoms with Crippen LogP contribution in [0, 0.1) is 11.8 Å². The first kappa shape index (κ1) is 22.9. The van der Waals surface area contributed by atoms with Crippen LogP contribution in [0.1, 0.15) is 30.8 Å². The van der Waals surface area contributed by atoms with Crippen LogP contribution in [-0.4, -0.2) is 87.3 Å². The van der Waals surface area contributed by atoms with Crippen LogP contribution in [0.3, 0.4) is 0 Å². The van der Waals surface area contributed by atoms with Gasteiger partial charge in [-0.15, -0.1) is 11.3 Å². The molecule has 2 aromatic heterocycles. The number of nitrogens with zero attached hydrogens (tertiary/aromatic N) is 6. The molecule has 5 rings (SSSR count). The summed E-state index contributed by atoms with van der Waals surface area (Å²) in [6.45, 7) is 9.03. The molecule has 34 heavy (non-hydrogen) atoms. The number of hydrogen-bond donors (Lipinski definition) is 0. The molecular weight excluding hydrogens is 448 g/mol. The third-order valence-electron chi connectivity index (χ3n) is 6.64. The third-order valence-corrected chi connectivity index (χ3v) is 7.68. The van der Waals surface area contributed by atoms with Crippen LogP contribution in [0.4, 0.5) is 0 Å². The van der Waals surface area contributed by atoms with Gasteiger partial charge in [0.1, 0.15) is 10.7 Å². The zero-order valence-corrected chi connectivity index (χ0v) is 20.5. The number of carbonyl (C=O) groups is 2. The molecular formula is C25H30N6O2S. The number of amides is 2. The molecule has 8 nitrogen and oxygen atoms in total. The number of hydrogen-bond acceptors (Lipinski definition) is 7. The van der Waals surface area contributed by atoms with Gasteiger partial charge >= 0.3 is 0 Å². The maximum absolute atomic E-state index is 13.4. The number of piperidine rings is 1. The van der Waals surface area contributed by atoms with Crippen molar-refractivity contribution in [3.63, 3.8) is 0 Å². The van der Waals surface area contributed by atoms with Gasteiger partial charge in [-0.25, -0.2) is 15.0 Å². The normalized spacial score (nSPS) is 21.7. The summed E-state index contributed by atoms with van der Waals surface area (Å²) in [6.07, 6.45) is 4.34. The van der Waals surface area contributed by atoms with Gasteiger partial charge in [0.05, 0.1) is 16.8 Å². The first-order valence-corrected chi connectivity index (χ1v) is 12.8. The van der Waals surface area contributed by atoms with Gasteiger partial charge in [-0.1, -0.05) is 26.0 Å². The number of rotatable bonds is 4. The Morgan fingerprint density at radius 3 is 2.41 bits per heavy atom. The summed E-state index contributed by atoms with van der Waals surface area (Å²) < 4.78 is 1.05. The van der Waals surface area contributed by atoms with E-state index >= 15 is 0 Å². The van der Waals surface area contributed by atoms with Gasteiger partial charge in [0, 0.05) is 51.7 Å². The van der Waals surface area contributed by atoms with E-state index in [1.807, 2.05) is 34.1 Å². The Kier molecular flexibility index (Phi) is 6.56. The van der Waals surface area contributed by atoms with E-state index in [2.05, 4.69) is 33.7 Å². The molecule has 0 aliphatic carbocycles. The van der Waals surface area contributed by atoms with Crippen LogP contribution in [0.25, 0.3) is 20.9 Å². The van der Waals surface area contributed by atoms with Gasteiger partial charge < -0.3 is 9.80 Å². The maximum Gasteiger partial charge on any atom is 0.274 e. The van der Waals surface area contributed by atoms with Gasteiger partial charge in [-0.2, -0.15) is 0 Å². The average Bonchev–Trinajstić information content (AvgIpc) is 3.28. The van der Waals surface area contributed by atoms with Crippen LogP contribution < -0.4 is 0 Å². The van der Waals surface area contributed by atoms with Gasteiger partial charge in [-0.05, 0) is 30.4 Å². The molecule has 2 aliphatic rings. The molecule has 2 aliphatic heterocycles. The number of likely N-dealkylation sites (tertiary alicyclic amines) is 1. The van der Waals surface area contributed by atoms with E-state index < -0.39 is 0 Å². The SMILES string of the molecule is C[C@H]1C[C@H](C)CN(C(=O)CN2CCN(C(=O)c3nccnc3-c3nc4ccccc4s3)CC2)C1. The predicted molar refractivity (Wildman–Crippen MR) is 133 cm³/mol. The van der Waals surface area contributed by atoms with Gasteiger partial charge in [0.15, 0.2) is 5.69 Å². The molecule has 178 valence electrons. The lowest BCUT2D eigenvalue weighted by atomic mass is 9.92. The molecule has 2 atom stereocenters. The first-order chi connectivity index (χ1) is 16.5. The van der Waals surface area contributed by atoms with E-state index in [0.29, 0.717) is 61.0 Å². The van der Waals surface area contributed by atoms with Crippen LogP contribution in [0.2, 0.25) is 0 Å². The molecule has 4 heterocycles. The molecule has 0 spiro atoms. The minimum atomic E-state index is -0.132. The largest absolute Gasteiger partial charge is 0.341 e. The summed E-state index contributed by atoms with van der Waals surface area (Å²) in [7, 11) is 0. The van der Waals surface area contributed by atoms with E-state index in [1.54, 1.807) is 12.4 Å². The lowest BCUT2D eigenvalue weighted by molar-refractivity contribution is -0.135. The van der Waals surface area contributed by atoms with Crippen molar-refractivity contribution in [2.24, 2.45) is 11.8 Å². The van der Waals surface area contributed by atoms with Crippen molar-refractivity contribution in [3.8, 4) is 10.7 Å². The minimum absolute atomic E-state index is 0.132. The van der Waals surface area contributed by atoms with Crippen molar-refractivity contribution in [2.75, 3.05) is 45.8 Å².